The molecule has 0 fully saturated rings. The fourth-order valence-electron chi connectivity index (χ4n) is 2.74. The number of rotatable bonds is 3. The lowest BCUT2D eigenvalue weighted by molar-refractivity contribution is 0.250. The van der Waals surface area contributed by atoms with Gasteiger partial charge in [-0.15, -0.1) is 0 Å². The van der Waals surface area contributed by atoms with Crippen LogP contribution in [0.5, 0.6) is 0 Å². The maximum absolute atomic E-state index is 4.93. The summed E-state index contributed by atoms with van der Waals surface area (Å²) in [4.78, 5) is 4.93. The lowest BCUT2D eigenvalue weighted by Gasteiger charge is -2.32. The van der Waals surface area contributed by atoms with E-state index in [2.05, 4.69) is 51.4 Å². The molecular weight excluding hydrogens is 234 g/mol. The lowest BCUT2D eigenvalue weighted by Crippen LogP contribution is -2.29. The molecule has 1 atom stereocenters. The molecule has 3 heteroatoms. The van der Waals surface area contributed by atoms with Crippen molar-refractivity contribution < 1.29 is 0 Å². The normalized spacial score (nSPS) is 17.6. The summed E-state index contributed by atoms with van der Waals surface area (Å²) < 4.78 is 2.54. The maximum atomic E-state index is 4.93. The molecule has 0 saturated carbocycles. The highest BCUT2D eigenvalue weighted by atomic mass is 15.1. The molecule has 0 saturated heterocycles. The minimum atomic E-state index is 0.269. The predicted molar refractivity (Wildman–Crippen MR) is 80.3 cm³/mol. The van der Waals surface area contributed by atoms with Crippen LogP contribution in [0.4, 0.5) is 0 Å². The van der Waals surface area contributed by atoms with E-state index < -0.39 is 0 Å². The molecule has 0 amide bonds. The van der Waals surface area contributed by atoms with Gasteiger partial charge in [0, 0.05) is 37.7 Å². The highest BCUT2D eigenvalue weighted by Crippen LogP contribution is 2.34. The van der Waals surface area contributed by atoms with Crippen LogP contribution in [0, 0.1) is 11.3 Å². The average molecular weight is 263 g/mol. The van der Waals surface area contributed by atoms with Gasteiger partial charge in [-0.2, -0.15) is 0 Å². The van der Waals surface area contributed by atoms with Crippen molar-refractivity contribution in [3.8, 4) is 0 Å². The first-order valence-electron chi connectivity index (χ1n) is 7.60. The van der Waals surface area contributed by atoms with E-state index in [1.54, 1.807) is 0 Å². The van der Waals surface area contributed by atoms with Gasteiger partial charge in [0.2, 0.25) is 0 Å². The zero-order valence-electron chi connectivity index (χ0n) is 13.4. The SMILES string of the molecule is CC(C)Cc1nc2c(n1C(C)C(C)(C)C)CCNC2. The average Bonchev–Trinajstić information content (AvgIpc) is 2.63. The summed E-state index contributed by atoms with van der Waals surface area (Å²) in [6, 6.07) is 0.496. The molecule has 0 radical (unpaired) electrons. The number of nitrogens with zero attached hydrogens (tertiary/aromatic N) is 2. The summed E-state index contributed by atoms with van der Waals surface area (Å²) >= 11 is 0. The van der Waals surface area contributed by atoms with Gasteiger partial charge in [0.25, 0.3) is 0 Å². The van der Waals surface area contributed by atoms with Crippen LogP contribution >= 0.6 is 0 Å². The molecular formula is C16H29N3. The van der Waals surface area contributed by atoms with Gasteiger partial charge in [-0.05, 0) is 18.3 Å². The van der Waals surface area contributed by atoms with E-state index in [1.165, 1.54) is 17.2 Å². The van der Waals surface area contributed by atoms with Crippen molar-refractivity contribution in [3.05, 3.63) is 17.2 Å². The molecule has 108 valence electrons. The zero-order chi connectivity index (χ0) is 14.2. The van der Waals surface area contributed by atoms with Gasteiger partial charge in [0.15, 0.2) is 0 Å². The van der Waals surface area contributed by atoms with Crippen LogP contribution in [-0.2, 0) is 19.4 Å². The van der Waals surface area contributed by atoms with Gasteiger partial charge in [0.1, 0.15) is 5.82 Å². The third-order valence-corrected chi connectivity index (χ3v) is 4.23. The van der Waals surface area contributed by atoms with Crippen LogP contribution in [0.15, 0.2) is 0 Å². The van der Waals surface area contributed by atoms with Crippen molar-refractivity contribution in [2.75, 3.05) is 6.54 Å². The highest BCUT2D eigenvalue weighted by molar-refractivity contribution is 5.22. The van der Waals surface area contributed by atoms with Gasteiger partial charge in [-0.25, -0.2) is 4.98 Å². The van der Waals surface area contributed by atoms with Crippen LogP contribution in [0.3, 0.4) is 0 Å². The van der Waals surface area contributed by atoms with Crippen molar-refractivity contribution in [1.82, 2.24) is 14.9 Å². The molecule has 1 aromatic rings. The summed E-state index contributed by atoms with van der Waals surface area (Å²) in [6.45, 7) is 15.9. The van der Waals surface area contributed by atoms with Crippen molar-refractivity contribution >= 4 is 0 Å². The summed E-state index contributed by atoms with van der Waals surface area (Å²) in [6.07, 6.45) is 2.19. The lowest BCUT2D eigenvalue weighted by atomic mass is 9.87. The van der Waals surface area contributed by atoms with Gasteiger partial charge in [-0.1, -0.05) is 34.6 Å². The van der Waals surface area contributed by atoms with E-state index >= 15 is 0 Å². The summed E-state index contributed by atoms with van der Waals surface area (Å²) in [5, 5.41) is 3.44. The molecule has 3 nitrogen and oxygen atoms in total. The summed E-state index contributed by atoms with van der Waals surface area (Å²) in [5.74, 6) is 1.94. The third kappa shape index (κ3) is 3.02. The van der Waals surface area contributed by atoms with E-state index in [9.17, 15) is 0 Å². The largest absolute Gasteiger partial charge is 0.328 e. The predicted octanol–water partition coefficient (Wildman–Crippen LogP) is 3.33. The standard InChI is InChI=1S/C16H29N3/c1-11(2)9-15-18-13-10-17-8-7-14(13)19(15)12(3)16(4,5)6/h11-12,17H,7-10H2,1-6H3. The molecule has 0 spiro atoms. The Kier molecular flexibility index (Phi) is 4.05. The van der Waals surface area contributed by atoms with Gasteiger partial charge < -0.3 is 9.88 Å². The molecule has 19 heavy (non-hydrogen) atoms. The Bertz CT molecular complexity index is 438. The Morgan fingerprint density at radius 2 is 1.95 bits per heavy atom. The number of imidazole rings is 1. The Hall–Kier alpha value is -0.830. The Morgan fingerprint density at radius 3 is 2.53 bits per heavy atom. The Morgan fingerprint density at radius 1 is 1.26 bits per heavy atom. The molecule has 1 aliphatic heterocycles. The zero-order valence-corrected chi connectivity index (χ0v) is 13.4. The molecule has 1 unspecified atom stereocenters. The minimum absolute atomic E-state index is 0.269. The van der Waals surface area contributed by atoms with Crippen LogP contribution in [0.25, 0.3) is 0 Å². The van der Waals surface area contributed by atoms with E-state index in [1.807, 2.05) is 0 Å². The van der Waals surface area contributed by atoms with E-state index in [0.717, 1.165) is 25.9 Å². The number of hydrogen-bond donors (Lipinski definition) is 1. The topological polar surface area (TPSA) is 29.9 Å². The first-order chi connectivity index (χ1) is 8.80. The number of aromatic nitrogens is 2. The van der Waals surface area contributed by atoms with Crippen LogP contribution in [0.1, 0.15) is 64.8 Å². The second-order valence-electron chi connectivity index (χ2n) is 7.36. The molecule has 2 heterocycles. The molecule has 1 aliphatic rings. The van der Waals surface area contributed by atoms with Gasteiger partial charge >= 0.3 is 0 Å². The fraction of sp³-hybridized carbons (Fsp3) is 0.812. The quantitative estimate of drug-likeness (QED) is 0.906. The van der Waals surface area contributed by atoms with Crippen molar-refractivity contribution in [2.45, 2.75) is 67.0 Å². The second-order valence-corrected chi connectivity index (χ2v) is 7.36. The van der Waals surface area contributed by atoms with E-state index in [-0.39, 0.29) is 5.41 Å². The smallest absolute Gasteiger partial charge is 0.109 e. The van der Waals surface area contributed by atoms with E-state index in [0.29, 0.717) is 12.0 Å². The summed E-state index contributed by atoms with van der Waals surface area (Å²) in [5.41, 5.74) is 3.01. The number of nitrogens with one attached hydrogen (secondary N) is 1. The molecule has 1 N–H and O–H groups in total. The monoisotopic (exact) mass is 263 g/mol. The first kappa shape index (κ1) is 14.6. The molecule has 2 rings (SSSR count). The van der Waals surface area contributed by atoms with Crippen molar-refractivity contribution in [2.24, 2.45) is 11.3 Å². The van der Waals surface area contributed by atoms with Crippen molar-refractivity contribution in [1.29, 1.82) is 0 Å². The van der Waals surface area contributed by atoms with Crippen molar-refractivity contribution in [3.63, 3.8) is 0 Å². The molecule has 0 aliphatic carbocycles. The fourth-order valence-corrected chi connectivity index (χ4v) is 2.74. The van der Waals surface area contributed by atoms with Gasteiger partial charge in [0.05, 0.1) is 5.69 Å². The van der Waals surface area contributed by atoms with E-state index in [4.69, 9.17) is 4.98 Å². The first-order valence-corrected chi connectivity index (χ1v) is 7.60. The summed E-state index contributed by atoms with van der Waals surface area (Å²) in [7, 11) is 0. The molecule has 0 bridgehead atoms. The maximum Gasteiger partial charge on any atom is 0.109 e. The molecule has 0 aromatic carbocycles. The highest BCUT2D eigenvalue weighted by Gasteiger charge is 2.29. The minimum Gasteiger partial charge on any atom is -0.328 e. The van der Waals surface area contributed by atoms with Crippen LogP contribution < -0.4 is 5.32 Å². The molecule has 1 aromatic heterocycles. The van der Waals surface area contributed by atoms with Crippen LogP contribution in [0.2, 0.25) is 0 Å². The Labute approximate surface area is 117 Å². The van der Waals surface area contributed by atoms with Gasteiger partial charge in [-0.3, -0.25) is 0 Å². The second kappa shape index (κ2) is 5.28. The van der Waals surface area contributed by atoms with Crippen LogP contribution in [-0.4, -0.2) is 16.1 Å². The number of hydrogen-bond acceptors (Lipinski definition) is 2. The Balaban J connectivity index is 2.45. The number of fused-ring (bicyclic) bond motifs is 1. The third-order valence-electron chi connectivity index (χ3n) is 4.23.